The Kier molecular flexibility index (Phi) is 7.50. The Morgan fingerprint density at radius 1 is 1.40 bits per heavy atom. The van der Waals surface area contributed by atoms with Crippen LogP contribution in [0.1, 0.15) is 34.6 Å². The van der Waals surface area contributed by atoms with Gasteiger partial charge in [-0.2, -0.15) is 0 Å². The fraction of sp³-hybridized carbons (Fsp3) is 0.533. The molecule has 4 nitrogen and oxygen atoms in total. The van der Waals surface area contributed by atoms with Gasteiger partial charge in [-0.25, -0.2) is 13.3 Å². The van der Waals surface area contributed by atoms with E-state index in [1.807, 2.05) is 25.2 Å². The SMILES string of the molecule is C=C/C(=C\C=C/C)C(C)N(C(=O)OC(C)(C)C)S(C)=O. The zero-order chi connectivity index (χ0) is 15.9. The summed E-state index contributed by atoms with van der Waals surface area (Å²) in [6.07, 6.45) is 8.06. The molecule has 1 amide bonds. The summed E-state index contributed by atoms with van der Waals surface area (Å²) in [6.45, 7) is 12.7. The Hall–Kier alpha value is -1.36. The van der Waals surface area contributed by atoms with Crippen LogP contribution < -0.4 is 0 Å². The van der Waals surface area contributed by atoms with Crippen LogP contribution in [0.15, 0.2) is 36.5 Å². The number of rotatable bonds is 5. The van der Waals surface area contributed by atoms with Gasteiger partial charge in [0.25, 0.3) is 0 Å². The van der Waals surface area contributed by atoms with Crippen molar-refractivity contribution in [2.45, 2.75) is 46.3 Å². The summed E-state index contributed by atoms with van der Waals surface area (Å²) in [6, 6.07) is -0.385. The van der Waals surface area contributed by atoms with Gasteiger partial charge < -0.3 is 4.74 Å². The van der Waals surface area contributed by atoms with Gasteiger partial charge in [-0.3, -0.25) is 0 Å². The summed E-state index contributed by atoms with van der Waals surface area (Å²) in [4.78, 5) is 12.2. The van der Waals surface area contributed by atoms with Crippen LogP contribution in [-0.4, -0.2) is 32.5 Å². The van der Waals surface area contributed by atoms with Crippen molar-refractivity contribution < 1.29 is 13.7 Å². The molecule has 0 spiro atoms. The van der Waals surface area contributed by atoms with Gasteiger partial charge in [0.2, 0.25) is 0 Å². The van der Waals surface area contributed by atoms with Crippen LogP contribution in [0, 0.1) is 0 Å². The molecule has 0 fully saturated rings. The zero-order valence-corrected chi connectivity index (χ0v) is 14.0. The molecule has 0 radical (unpaired) electrons. The molecular formula is C15H25NO3S. The van der Waals surface area contributed by atoms with Crippen molar-refractivity contribution in [2.75, 3.05) is 6.26 Å². The quantitative estimate of drug-likeness (QED) is 0.729. The molecule has 0 aromatic rings. The molecule has 0 saturated heterocycles. The number of amides is 1. The second-order valence-corrected chi connectivity index (χ2v) is 6.54. The lowest BCUT2D eigenvalue weighted by molar-refractivity contribution is 0.0374. The summed E-state index contributed by atoms with van der Waals surface area (Å²) < 4.78 is 18.4. The summed E-state index contributed by atoms with van der Waals surface area (Å²) in [5.74, 6) is 0. The van der Waals surface area contributed by atoms with Gasteiger partial charge in [0.15, 0.2) is 0 Å². The van der Waals surface area contributed by atoms with E-state index in [4.69, 9.17) is 4.74 Å². The number of carbonyl (C=O) groups is 1. The number of nitrogens with zero attached hydrogens (tertiary/aromatic N) is 1. The summed E-state index contributed by atoms with van der Waals surface area (Å²) in [5, 5.41) is 0. The molecule has 2 unspecified atom stereocenters. The van der Waals surface area contributed by atoms with E-state index >= 15 is 0 Å². The van der Waals surface area contributed by atoms with Crippen LogP contribution in [0.2, 0.25) is 0 Å². The summed E-state index contributed by atoms with van der Waals surface area (Å²) in [7, 11) is -1.48. The lowest BCUT2D eigenvalue weighted by Gasteiger charge is -2.30. The molecule has 0 N–H and O–H groups in total. The molecule has 114 valence electrons. The molecule has 0 rings (SSSR count). The fourth-order valence-corrected chi connectivity index (χ4v) is 2.33. The van der Waals surface area contributed by atoms with Crippen molar-refractivity contribution >= 4 is 17.1 Å². The molecule has 0 saturated carbocycles. The van der Waals surface area contributed by atoms with Crippen LogP contribution in [0.4, 0.5) is 4.79 Å². The van der Waals surface area contributed by atoms with Gasteiger partial charge in [0, 0.05) is 6.26 Å². The lowest BCUT2D eigenvalue weighted by atomic mass is 10.1. The maximum atomic E-state index is 12.2. The van der Waals surface area contributed by atoms with Crippen molar-refractivity contribution in [1.29, 1.82) is 0 Å². The first-order valence-electron chi connectivity index (χ1n) is 6.45. The molecule has 5 heteroatoms. The van der Waals surface area contributed by atoms with Gasteiger partial charge in [0.05, 0.1) is 6.04 Å². The second kappa shape index (κ2) is 8.04. The first-order valence-corrected chi connectivity index (χ1v) is 7.96. The number of hydrogen-bond donors (Lipinski definition) is 0. The van der Waals surface area contributed by atoms with Crippen LogP contribution in [0.5, 0.6) is 0 Å². The zero-order valence-electron chi connectivity index (χ0n) is 13.2. The fourth-order valence-electron chi connectivity index (χ4n) is 1.51. The van der Waals surface area contributed by atoms with Crippen molar-refractivity contribution in [3.63, 3.8) is 0 Å². The first-order chi connectivity index (χ1) is 9.14. The Morgan fingerprint density at radius 2 is 1.95 bits per heavy atom. The minimum Gasteiger partial charge on any atom is -0.443 e. The highest BCUT2D eigenvalue weighted by molar-refractivity contribution is 7.82. The van der Waals surface area contributed by atoms with Crippen molar-refractivity contribution in [3.05, 3.63) is 36.5 Å². The van der Waals surface area contributed by atoms with Gasteiger partial charge in [0.1, 0.15) is 16.6 Å². The smallest absolute Gasteiger partial charge is 0.422 e. The highest BCUT2D eigenvalue weighted by atomic mass is 32.2. The predicted octanol–water partition coefficient (Wildman–Crippen LogP) is 3.59. The maximum Gasteiger partial charge on any atom is 0.422 e. The normalized spacial score (nSPS) is 15.8. The van der Waals surface area contributed by atoms with Crippen molar-refractivity contribution in [2.24, 2.45) is 0 Å². The number of carbonyl (C=O) groups excluding carboxylic acids is 1. The molecule has 0 aromatic heterocycles. The van der Waals surface area contributed by atoms with E-state index in [0.717, 1.165) is 5.57 Å². The van der Waals surface area contributed by atoms with E-state index in [1.54, 1.807) is 33.8 Å². The van der Waals surface area contributed by atoms with Gasteiger partial charge >= 0.3 is 6.09 Å². The molecule has 0 aliphatic rings. The molecular weight excluding hydrogens is 274 g/mol. The Morgan fingerprint density at radius 3 is 2.30 bits per heavy atom. The standard InChI is InChI=1S/C15H25NO3S/c1-8-10-11-13(9-2)12(3)16(20(7)18)14(17)19-15(4,5)6/h8-12H,2H2,1,3-7H3/b10-8-,13-11+. The minimum absolute atomic E-state index is 0.385. The van der Waals surface area contributed by atoms with Crippen LogP contribution in [0.25, 0.3) is 0 Å². The van der Waals surface area contributed by atoms with E-state index < -0.39 is 22.7 Å². The van der Waals surface area contributed by atoms with E-state index in [2.05, 4.69) is 6.58 Å². The second-order valence-electron chi connectivity index (χ2n) is 5.30. The van der Waals surface area contributed by atoms with E-state index in [9.17, 15) is 9.00 Å². The Bertz CT molecular complexity index is 433. The third-order valence-electron chi connectivity index (χ3n) is 2.40. The number of ether oxygens (including phenoxy) is 1. The van der Waals surface area contributed by atoms with E-state index in [1.165, 1.54) is 10.6 Å². The topological polar surface area (TPSA) is 46.6 Å². The molecule has 0 aliphatic heterocycles. The largest absolute Gasteiger partial charge is 0.443 e. The molecule has 20 heavy (non-hydrogen) atoms. The highest BCUT2D eigenvalue weighted by Crippen LogP contribution is 2.18. The molecule has 0 aliphatic carbocycles. The predicted molar refractivity (Wildman–Crippen MR) is 84.7 cm³/mol. The number of hydrogen-bond acceptors (Lipinski definition) is 3. The molecule has 2 atom stereocenters. The first kappa shape index (κ1) is 18.6. The molecule has 0 aromatic carbocycles. The van der Waals surface area contributed by atoms with E-state index in [0.29, 0.717) is 0 Å². The monoisotopic (exact) mass is 299 g/mol. The van der Waals surface area contributed by atoms with Gasteiger partial charge in [-0.15, -0.1) is 0 Å². The average molecular weight is 299 g/mol. The van der Waals surface area contributed by atoms with Crippen LogP contribution in [-0.2, 0) is 15.7 Å². The molecule has 0 bridgehead atoms. The minimum atomic E-state index is -1.48. The van der Waals surface area contributed by atoms with Crippen molar-refractivity contribution in [3.8, 4) is 0 Å². The summed E-state index contributed by atoms with van der Waals surface area (Å²) in [5.41, 5.74) is 0.166. The average Bonchev–Trinajstić information content (AvgIpc) is 2.27. The van der Waals surface area contributed by atoms with Crippen molar-refractivity contribution in [1.82, 2.24) is 4.31 Å². The van der Waals surface area contributed by atoms with E-state index in [-0.39, 0.29) is 6.04 Å². The van der Waals surface area contributed by atoms with Crippen LogP contribution in [0.3, 0.4) is 0 Å². The third-order valence-corrected chi connectivity index (χ3v) is 3.42. The van der Waals surface area contributed by atoms with Gasteiger partial charge in [-0.1, -0.05) is 30.9 Å². The Balaban J connectivity index is 5.32. The van der Waals surface area contributed by atoms with Gasteiger partial charge in [-0.05, 0) is 40.2 Å². The summed E-state index contributed by atoms with van der Waals surface area (Å²) >= 11 is 0. The Labute approximate surface area is 124 Å². The van der Waals surface area contributed by atoms with Crippen LogP contribution >= 0.6 is 0 Å². The third kappa shape index (κ3) is 6.19. The molecule has 0 heterocycles. The maximum absolute atomic E-state index is 12.2. The lowest BCUT2D eigenvalue weighted by Crippen LogP contribution is -2.43. The highest BCUT2D eigenvalue weighted by Gasteiger charge is 2.29. The number of allylic oxidation sites excluding steroid dienone is 3.